The lowest BCUT2D eigenvalue weighted by molar-refractivity contribution is 0.452. The van der Waals surface area contributed by atoms with Crippen LogP contribution in [0.5, 0.6) is 0 Å². The van der Waals surface area contributed by atoms with Gasteiger partial charge in [-0.2, -0.15) is 5.10 Å². The molecule has 0 bridgehead atoms. The predicted molar refractivity (Wildman–Crippen MR) is 84.6 cm³/mol. The van der Waals surface area contributed by atoms with E-state index in [-0.39, 0.29) is 0 Å². The maximum Gasteiger partial charge on any atom is 0.0540 e. The first-order chi connectivity index (χ1) is 9.65. The molecule has 1 N–H and O–H groups in total. The maximum atomic E-state index is 4.40. The molecule has 0 saturated carbocycles. The van der Waals surface area contributed by atoms with E-state index in [4.69, 9.17) is 0 Å². The summed E-state index contributed by atoms with van der Waals surface area (Å²) in [7, 11) is 2.04. The molecule has 1 aromatic carbocycles. The third-order valence-electron chi connectivity index (χ3n) is 4.16. The normalized spacial score (nSPS) is 18.1. The Hall–Kier alpha value is -1.13. The minimum absolute atomic E-state index is 0.438. The van der Waals surface area contributed by atoms with E-state index >= 15 is 0 Å². The lowest BCUT2D eigenvalue weighted by Crippen LogP contribution is -2.24. The number of benzene rings is 1. The van der Waals surface area contributed by atoms with Gasteiger partial charge in [0.1, 0.15) is 0 Å². The van der Waals surface area contributed by atoms with Crippen molar-refractivity contribution in [3.63, 3.8) is 0 Å². The number of fused-ring (bicyclic) bond motifs is 1. The van der Waals surface area contributed by atoms with E-state index in [2.05, 4.69) is 51.5 Å². The van der Waals surface area contributed by atoms with E-state index in [0.717, 1.165) is 13.0 Å². The Labute approximate surface area is 128 Å². The molecule has 0 aliphatic heterocycles. The van der Waals surface area contributed by atoms with Crippen LogP contribution in [0.1, 0.15) is 41.3 Å². The Morgan fingerprint density at radius 3 is 3.10 bits per heavy atom. The molecule has 0 radical (unpaired) electrons. The van der Waals surface area contributed by atoms with Crippen molar-refractivity contribution in [2.24, 2.45) is 7.05 Å². The highest BCUT2D eigenvalue weighted by molar-refractivity contribution is 9.10. The van der Waals surface area contributed by atoms with Crippen LogP contribution in [0.2, 0.25) is 0 Å². The molecule has 2 aromatic rings. The number of rotatable bonds is 3. The summed E-state index contributed by atoms with van der Waals surface area (Å²) in [6, 6.07) is 7.00. The summed E-state index contributed by atoms with van der Waals surface area (Å²) in [5, 5.41) is 8.08. The lowest BCUT2D eigenvalue weighted by atomic mass is 9.93. The fraction of sp³-hybridized carbons (Fsp3) is 0.438. The Kier molecular flexibility index (Phi) is 3.94. The highest BCUT2D eigenvalue weighted by Gasteiger charge is 2.22. The third kappa shape index (κ3) is 2.67. The molecule has 0 fully saturated rings. The molecule has 3 nitrogen and oxygen atoms in total. The van der Waals surface area contributed by atoms with Crippen molar-refractivity contribution in [2.75, 3.05) is 0 Å². The molecule has 1 aliphatic rings. The van der Waals surface area contributed by atoms with Crippen LogP contribution in [0.25, 0.3) is 0 Å². The fourth-order valence-corrected chi connectivity index (χ4v) is 3.33. The zero-order chi connectivity index (χ0) is 14.1. The second-order valence-corrected chi connectivity index (χ2v) is 6.43. The van der Waals surface area contributed by atoms with E-state index in [9.17, 15) is 0 Å². The molecule has 106 valence electrons. The Morgan fingerprint density at radius 1 is 1.45 bits per heavy atom. The Morgan fingerprint density at radius 2 is 2.30 bits per heavy atom. The van der Waals surface area contributed by atoms with Crippen molar-refractivity contribution < 1.29 is 0 Å². The maximum absolute atomic E-state index is 4.40. The number of hydrogen-bond acceptors (Lipinski definition) is 2. The van der Waals surface area contributed by atoms with Crippen LogP contribution in [0.15, 0.2) is 28.9 Å². The van der Waals surface area contributed by atoms with Crippen LogP contribution in [0.4, 0.5) is 0 Å². The van der Waals surface area contributed by atoms with Crippen LogP contribution >= 0.6 is 15.9 Å². The molecular weight excluding hydrogens is 314 g/mol. The number of halogens is 1. The standard InChI is InChI=1S/C16H20BrN3/c1-11-6-7-12(8-14(11)17)9-18-15-4-3-5-16-13(15)10-19-20(16)2/h6-8,10,15,18H,3-5,9H2,1-2H3. The molecule has 1 heterocycles. The van der Waals surface area contributed by atoms with E-state index in [1.165, 1.54) is 39.7 Å². The highest BCUT2D eigenvalue weighted by atomic mass is 79.9. The predicted octanol–water partition coefficient (Wildman–Crippen LogP) is 3.66. The summed E-state index contributed by atoms with van der Waals surface area (Å²) < 4.78 is 3.20. The van der Waals surface area contributed by atoms with Crippen LogP contribution in [0.3, 0.4) is 0 Å². The monoisotopic (exact) mass is 333 g/mol. The van der Waals surface area contributed by atoms with Crippen molar-refractivity contribution in [3.05, 3.63) is 51.3 Å². The van der Waals surface area contributed by atoms with Crippen molar-refractivity contribution in [3.8, 4) is 0 Å². The largest absolute Gasteiger partial charge is 0.306 e. The minimum atomic E-state index is 0.438. The smallest absolute Gasteiger partial charge is 0.0540 e. The van der Waals surface area contributed by atoms with Gasteiger partial charge in [-0.05, 0) is 43.4 Å². The molecule has 1 atom stereocenters. The van der Waals surface area contributed by atoms with Crippen LogP contribution in [-0.2, 0) is 20.0 Å². The number of hydrogen-bond donors (Lipinski definition) is 1. The molecule has 0 saturated heterocycles. The van der Waals surface area contributed by atoms with Crippen molar-refractivity contribution in [1.82, 2.24) is 15.1 Å². The quantitative estimate of drug-likeness (QED) is 0.928. The number of aryl methyl sites for hydroxylation is 2. The highest BCUT2D eigenvalue weighted by Crippen LogP contribution is 2.29. The number of aromatic nitrogens is 2. The van der Waals surface area contributed by atoms with Gasteiger partial charge in [-0.25, -0.2) is 0 Å². The van der Waals surface area contributed by atoms with E-state index < -0.39 is 0 Å². The molecule has 3 rings (SSSR count). The summed E-state index contributed by atoms with van der Waals surface area (Å²) >= 11 is 3.60. The zero-order valence-electron chi connectivity index (χ0n) is 12.0. The van der Waals surface area contributed by atoms with E-state index in [1.54, 1.807) is 0 Å². The molecule has 1 aliphatic carbocycles. The summed E-state index contributed by atoms with van der Waals surface area (Å²) in [6.07, 6.45) is 5.62. The number of nitrogens with zero attached hydrogens (tertiary/aromatic N) is 2. The van der Waals surface area contributed by atoms with Gasteiger partial charge in [0.2, 0.25) is 0 Å². The molecule has 20 heavy (non-hydrogen) atoms. The third-order valence-corrected chi connectivity index (χ3v) is 5.02. The summed E-state index contributed by atoms with van der Waals surface area (Å²) in [6.45, 7) is 3.02. The first-order valence-corrected chi connectivity index (χ1v) is 7.93. The van der Waals surface area contributed by atoms with Crippen LogP contribution in [0, 0.1) is 6.92 Å². The average Bonchev–Trinajstić information content (AvgIpc) is 2.83. The van der Waals surface area contributed by atoms with Gasteiger partial charge in [-0.1, -0.05) is 28.1 Å². The average molecular weight is 334 g/mol. The summed E-state index contributed by atoms with van der Waals surface area (Å²) in [5.41, 5.74) is 5.36. The van der Waals surface area contributed by atoms with Gasteiger partial charge < -0.3 is 5.32 Å². The molecule has 1 aromatic heterocycles. The molecular formula is C16H20BrN3. The zero-order valence-corrected chi connectivity index (χ0v) is 13.6. The van der Waals surface area contributed by atoms with Gasteiger partial charge in [-0.3, -0.25) is 4.68 Å². The van der Waals surface area contributed by atoms with E-state index in [0.29, 0.717) is 6.04 Å². The minimum Gasteiger partial charge on any atom is -0.306 e. The first-order valence-electron chi connectivity index (χ1n) is 7.14. The van der Waals surface area contributed by atoms with Gasteiger partial charge in [0, 0.05) is 35.4 Å². The van der Waals surface area contributed by atoms with E-state index in [1.807, 2.05) is 17.9 Å². The number of nitrogens with one attached hydrogen (secondary N) is 1. The summed E-state index contributed by atoms with van der Waals surface area (Å²) in [5.74, 6) is 0. The van der Waals surface area contributed by atoms with Gasteiger partial charge in [-0.15, -0.1) is 0 Å². The van der Waals surface area contributed by atoms with Gasteiger partial charge in [0.25, 0.3) is 0 Å². The first kappa shape index (κ1) is 13.8. The second-order valence-electron chi connectivity index (χ2n) is 5.58. The van der Waals surface area contributed by atoms with Gasteiger partial charge in [0.05, 0.1) is 6.20 Å². The topological polar surface area (TPSA) is 29.9 Å². The van der Waals surface area contributed by atoms with Gasteiger partial charge in [0.15, 0.2) is 0 Å². The van der Waals surface area contributed by atoms with Crippen molar-refractivity contribution in [2.45, 2.75) is 38.8 Å². The van der Waals surface area contributed by atoms with Gasteiger partial charge >= 0.3 is 0 Å². The van der Waals surface area contributed by atoms with Crippen molar-refractivity contribution >= 4 is 15.9 Å². The molecule has 0 spiro atoms. The molecule has 0 amide bonds. The van der Waals surface area contributed by atoms with Crippen molar-refractivity contribution in [1.29, 1.82) is 0 Å². The molecule has 4 heteroatoms. The summed E-state index contributed by atoms with van der Waals surface area (Å²) in [4.78, 5) is 0. The van der Waals surface area contributed by atoms with Crippen LogP contribution < -0.4 is 5.32 Å². The molecule has 1 unspecified atom stereocenters. The van der Waals surface area contributed by atoms with Crippen LogP contribution in [-0.4, -0.2) is 9.78 Å². The lowest BCUT2D eigenvalue weighted by Gasteiger charge is -2.24. The second kappa shape index (κ2) is 5.70. The fourth-order valence-electron chi connectivity index (χ4n) is 2.91. The Bertz CT molecular complexity index is 618. The SMILES string of the molecule is Cc1ccc(CNC2CCCc3c2cnn3C)cc1Br. The Balaban J connectivity index is 1.71.